The first kappa shape index (κ1) is 16.4. The van der Waals surface area contributed by atoms with E-state index in [1.165, 1.54) is 6.42 Å². The number of carbonyl (C=O) groups is 2. The van der Waals surface area contributed by atoms with Crippen LogP contribution in [0.2, 0.25) is 0 Å². The largest absolute Gasteiger partial charge is 0.495 e. The molecule has 3 atom stereocenters. The highest BCUT2D eigenvalue weighted by atomic mass is 16.5. The number of nitrogens with zero attached hydrogens (tertiary/aromatic N) is 1. The molecule has 2 amide bonds. The van der Waals surface area contributed by atoms with Crippen molar-refractivity contribution in [1.82, 2.24) is 5.32 Å². The van der Waals surface area contributed by atoms with E-state index in [2.05, 4.69) is 10.6 Å². The maximum Gasteiger partial charge on any atom is 0.229 e. The Labute approximate surface area is 147 Å². The van der Waals surface area contributed by atoms with Crippen LogP contribution in [0.3, 0.4) is 0 Å². The molecular formula is C19H25N3O3. The lowest BCUT2D eigenvalue weighted by Crippen LogP contribution is -2.53. The summed E-state index contributed by atoms with van der Waals surface area (Å²) in [6, 6.07) is 5.81. The number of nitrogens with one attached hydrogen (secondary N) is 2. The summed E-state index contributed by atoms with van der Waals surface area (Å²) in [5.74, 6) is 1.49. The van der Waals surface area contributed by atoms with E-state index >= 15 is 0 Å². The zero-order chi connectivity index (χ0) is 17.4. The summed E-state index contributed by atoms with van der Waals surface area (Å²) >= 11 is 0. The first-order valence-electron chi connectivity index (χ1n) is 9.18. The van der Waals surface area contributed by atoms with Crippen LogP contribution in [0.1, 0.15) is 32.1 Å². The smallest absolute Gasteiger partial charge is 0.229 e. The second-order valence-corrected chi connectivity index (χ2v) is 7.33. The number of hydrogen-bond donors (Lipinski definition) is 2. The van der Waals surface area contributed by atoms with Gasteiger partial charge in [-0.15, -0.1) is 0 Å². The van der Waals surface area contributed by atoms with Gasteiger partial charge in [-0.05, 0) is 56.3 Å². The van der Waals surface area contributed by atoms with Crippen LogP contribution in [0.15, 0.2) is 18.2 Å². The number of fused-ring (bicyclic) bond motifs is 3. The molecule has 0 spiro atoms. The van der Waals surface area contributed by atoms with Crippen molar-refractivity contribution in [3.63, 3.8) is 0 Å². The number of ether oxygens (including phenoxy) is 1. The molecule has 25 heavy (non-hydrogen) atoms. The Morgan fingerprint density at radius 1 is 1.36 bits per heavy atom. The van der Waals surface area contributed by atoms with Gasteiger partial charge in [0, 0.05) is 24.7 Å². The van der Waals surface area contributed by atoms with Gasteiger partial charge >= 0.3 is 0 Å². The molecule has 1 aromatic rings. The third-order valence-electron chi connectivity index (χ3n) is 5.77. The van der Waals surface area contributed by atoms with Crippen molar-refractivity contribution in [2.75, 3.05) is 30.4 Å². The lowest BCUT2D eigenvalue weighted by Gasteiger charge is -2.42. The summed E-state index contributed by atoms with van der Waals surface area (Å²) in [7, 11) is 1.60. The molecule has 0 radical (unpaired) electrons. The maximum atomic E-state index is 12.7. The van der Waals surface area contributed by atoms with E-state index in [4.69, 9.17) is 4.74 Å². The topological polar surface area (TPSA) is 70.7 Å². The molecule has 3 saturated heterocycles. The van der Waals surface area contributed by atoms with Crippen LogP contribution in [0, 0.1) is 11.8 Å². The Bertz CT molecular complexity index is 682. The molecule has 1 saturated carbocycles. The lowest BCUT2D eigenvalue weighted by atomic mass is 9.73. The Morgan fingerprint density at radius 2 is 2.24 bits per heavy atom. The predicted molar refractivity (Wildman–Crippen MR) is 95.8 cm³/mol. The monoisotopic (exact) mass is 343 g/mol. The van der Waals surface area contributed by atoms with E-state index in [0.29, 0.717) is 30.7 Å². The quantitative estimate of drug-likeness (QED) is 0.879. The van der Waals surface area contributed by atoms with Crippen molar-refractivity contribution >= 4 is 23.2 Å². The van der Waals surface area contributed by atoms with E-state index in [-0.39, 0.29) is 17.7 Å². The number of amides is 2. The van der Waals surface area contributed by atoms with Crippen LogP contribution in [0.4, 0.5) is 11.4 Å². The zero-order valence-electron chi connectivity index (χ0n) is 14.6. The third kappa shape index (κ3) is 3.11. The average molecular weight is 343 g/mol. The molecule has 3 unspecified atom stereocenters. The summed E-state index contributed by atoms with van der Waals surface area (Å²) < 4.78 is 5.41. The van der Waals surface area contributed by atoms with E-state index in [1.54, 1.807) is 12.0 Å². The molecular weight excluding hydrogens is 318 g/mol. The molecule has 4 aliphatic rings. The van der Waals surface area contributed by atoms with Gasteiger partial charge in [0.15, 0.2) is 0 Å². The highest BCUT2D eigenvalue weighted by molar-refractivity contribution is 5.99. The fourth-order valence-corrected chi connectivity index (χ4v) is 4.41. The van der Waals surface area contributed by atoms with Gasteiger partial charge in [-0.1, -0.05) is 0 Å². The summed E-state index contributed by atoms with van der Waals surface area (Å²) in [4.78, 5) is 26.6. The molecule has 2 bridgehead atoms. The first-order chi connectivity index (χ1) is 12.2. The van der Waals surface area contributed by atoms with E-state index < -0.39 is 0 Å². The number of piperidine rings is 2. The Kier molecular flexibility index (Phi) is 4.37. The predicted octanol–water partition coefficient (Wildman–Crippen LogP) is 2.15. The highest BCUT2D eigenvalue weighted by Crippen LogP contribution is 2.36. The minimum Gasteiger partial charge on any atom is -0.495 e. The standard InChI is InChI=1S/C19H25N3O3/c1-25-17-7-5-13(10-16(17)22-8-2-3-18(22)23)21-19(24)14-9-12-4-6-15(14)20-11-12/h5,7,10,12,14-15,20H,2-4,6,8-9,11H2,1H3,(H,21,24). The Balaban J connectivity index is 1.52. The van der Waals surface area contributed by atoms with Crippen molar-refractivity contribution in [3.8, 4) is 5.75 Å². The van der Waals surface area contributed by atoms with Crippen molar-refractivity contribution in [2.24, 2.45) is 11.8 Å². The molecule has 2 N–H and O–H groups in total. The van der Waals surface area contributed by atoms with Gasteiger partial charge < -0.3 is 20.3 Å². The van der Waals surface area contributed by atoms with Crippen molar-refractivity contribution in [1.29, 1.82) is 0 Å². The van der Waals surface area contributed by atoms with Crippen LogP contribution in [0.25, 0.3) is 0 Å². The van der Waals surface area contributed by atoms with E-state index in [9.17, 15) is 9.59 Å². The van der Waals surface area contributed by atoms with Crippen LogP contribution in [-0.4, -0.2) is 38.1 Å². The maximum absolute atomic E-state index is 12.7. The molecule has 6 heteroatoms. The van der Waals surface area contributed by atoms with Gasteiger partial charge in [-0.25, -0.2) is 0 Å². The van der Waals surface area contributed by atoms with Gasteiger partial charge in [-0.2, -0.15) is 0 Å². The number of anilines is 2. The molecule has 0 aromatic heterocycles. The Hall–Kier alpha value is -2.08. The van der Waals surface area contributed by atoms with Crippen molar-refractivity contribution in [3.05, 3.63) is 18.2 Å². The van der Waals surface area contributed by atoms with Gasteiger partial charge in [-0.3, -0.25) is 9.59 Å². The minimum atomic E-state index is 0.0338. The molecule has 134 valence electrons. The van der Waals surface area contributed by atoms with Gasteiger partial charge in [0.05, 0.1) is 18.7 Å². The molecule has 6 nitrogen and oxygen atoms in total. The average Bonchev–Trinajstić information content (AvgIpc) is 3.08. The molecule has 1 aliphatic carbocycles. The van der Waals surface area contributed by atoms with Crippen LogP contribution >= 0.6 is 0 Å². The van der Waals surface area contributed by atoms with Crippen LogP contribution < -0.4 is 20.3 Å². The number of methoxy groups -OCH3 is 1. The molecule has 4 fully saturated rings. The van der Waals surface area contributed by atoms with Gasteiger partial charge in [0.2, 0.25) is 11.8 Å². The molecule has 3 aliphatic heterocycles. The molecule has 5 rings (SSSR count). The Morgan fingerprint density at radius 3 is 2.84 bits per heavy atom. The van der Waals surface area contributed by atoms with Crippen molar-refractivity contribution < 1.29 is 14.3 Å². The zero-order valence-corrected chi connectivity index (χ0v) is 14.6. The second kappa shape index (κ2) is 6.67. The molecule has 1 aromatic carbocycles. The number of rotatable bonds is 4. The van der Waals surface area contributed by atoms with Gasteiger partial charge in [0.1, 0.15) is 5.75 Å². The summed E-state index contributed by atoms with van der Waals surface area (Å²) in [6.45, 7) is 1.74. The fraction of sp³-hybridized carbons (Fsp3) is 0.579. The third-order valence-corrected chi connectivity index (χ3v) is 5.77. The lowest BCUT2D eigenvalue weighted by molar-refractivity contribution is -0.123. The first-order valence-corrected chi connectivity index (χ1v) is 9.18. The fourth-order valence-electron chi connectivity index (χ4n) is 4.41. The molecule has 3 heterocycles. The summed E-state index contributed by atoms with van der Waals surface area (Å²) in [5.41, 5.74) is 1.47. The summed E-state index contributed by atoms with van der Waals surface area (Å²) in [6.07, 6.45) is 4.70. The van der Waals surface area contributed by atoms with Gasteiger partial charge in [0.25, 0.3) is 0 Å². The van der Waals surface area contributed by atoms with Crippen molar-refractivity contribution in [2.45, 2.75) is 38.1 Å². The van der Waals surface area contributed by atoms with Crippen LogP contribution in [-0.2, 0) is 9.59 Å². The number of benzene rings is 1. The number of hydrogen-bond acceptors (Lipinski definition) is 4. The van der Waals surface area contributed by atoms with E-state index in [0.717, 1.165) is 37.2 Å². The normalized spacial score (nSPS) is 28.3. The number of carbonyl (C=O) groups excluding carboxylic acids is 2. The highest BCUT2D eigenvalue weighted by Gasteiger charge is 2.39. The minimum absolute atomic E-state index is 0.0338. The summed E-state index contributed by atoms with van der Waals surface area (Å²) in [5, 5.41) is 6.54. The SMILES string of the molecule is COc1ccc(NC(=O)C2CC3CCC2NC3)cc1N1CCCC1=O. The second-order valence-electron chi connectivity index (χ2n) is 7.33. The van der Waals surface area contributed by atoms with E-state index in [1.807, 2.05) is 18.2 Å². The van der Waals surface area contributed by atoms with Crippen LogP contribution in [0.5, 0.6) is 5.75 Å².